The Bertz CT molecular complexity index is 634. The van der Waals surface area contributed by atoms with Gasteiger partial charge in [0.15, 0.2) is 5.96 Å². The Morgan fingerprint density at radius 1 is 1.22 bits per heavy atom. The zero-order valence-corrected chi connectivity index (χ0v) is 14.3. The van der Waals surface area contributed by atoms with E-state index in [4.69, 9.17) is 9.15 Å². The molecular weight excluding hydrogens is 290 g/mol. The molecule has 0 fully saturated rings. The van der Waals surface area contributed by atoms with Crippen LogP contribution in [0.5, 0.6) is 0 Å². The number of benzene rings is 1. The first kappa shape index (κ1) is 17.3. The van der Waals surface area contributed by atoms with Crippen molar-refractivity contribution >= 4 is 16.9 Å². The molecule has 0 radical (unpaired) electrons. The third-order valence-corrected chi connectivity index (χ3v) is 3.79. The number of furan rings is 1. The maximum atomic E-state index is 5.90. The molecule has 0 unspecified atom stereocenters. The van der Waals surface area contributed by atoms with Crippen LogP contribution >= 0.6 is 0 Å². The molecule has 1 aromatic heterocycles. The molecule has 0 saturated carbocycles. The molecule has 0 saturated heterocycles. The van der Waals surface area contributed by atoms with Crippen LogP contribution in [0.15, 0.2) is 33.7 Å². The molecule has 0 bridgehead atoms. The molecule has 23 heavy (non-hydrogen) atoms. The van der Waals surface area contributed by atoms with Crippen molar-refractivity contribution in [3.8, 4) is 0 Å². The number of ether oxygens (including phenoxy) is 1. The lowest BCUT2D eigenvalue weighted by Gasteiger charge is -2.11. The molecular formula is C18H27N3O2. The maximum Gasteiger partial charge on any atom is 0.191 e. The van der Waals surface area contributed by atoms with Gasteiger partial charge < -0.3 is 19.8 Å². The molecule has 2 aromatic rings. The summed E-state index contributed by atoms with van der Waals surface area (Å²) < 4.78 is 11.2. The summed E-state index contributed by atoms with van der Waals surface area (Å²) >= 11 is 0. The third-order valence-electron chi connectivity index (χ3n) is 3.79. The lowest BCUT2D eigenvalue weighted by molar-refractivity contribution is 0.143. The van der Waals surface area contributed by atoms with Crippen LogP contribution in [0, 0.1) is 6.92 Å². The Morgan fingerprint density at radius 3 is 2.78 bits per heavy atom. The van der Waals surface area contributed by atoms with Gasteiger partial charge in [0.2, 0.25) is 0 Å². The van der Waals surface area contributed by atoms with Crippen LogP contribution < -0.4 is 10.6 Å². The predicted molar refractivity (Wildman–Crippen MR) is 94.9 cm³/mol. The number of rotatable bonds is 8. The van der Waals surface area contributed by atoms with Gasteiger partial charge in [-0.15, -0.1) is 0 Å². The van der Waals surface area contributed by atoms with Crippen molar-refractivity contribution in [2.75, 3.05) is 26.8 Å². The van der Waals surface area contributed by atoms with Crippen LogP contribution in [0.4, 0.5) is 0 Å². The minimum atomic E-state index is 0.624. The van der Waals surface area contributed by atoms with Crippen molar-refractivity contribution in [2.24, 2.45) is 4.99 Å². The number of hydrogen-bond acceptors (Lipinski definition) is 3. The van der Waals surface area contributed by atoms with Gasteiger partial charge in [0.05, 0.1) is 6.54 Å². The predicted octanol–water partition coefficient (Wildman–Crippen LogP) is 3.22. The zero-order chi connectivity index (χ0) is 16.5. The highest BCUT2D eigenvalue weighted by Crippen LogP contribution is 2.24. The first-order chi connectivity index (χ1) is 11.3. The van der Waals surface area contributed by atoms with Gasteiger partial charge in [0.1, 0.15) is 11.3 Å². The Labute approximate surface area is 138 Å². The average Bonchev–Trinajstić information content (AvgIpc) is 2.90. The SMILES string of the molecule is CCOCCCCNC(=NC)NCc1oc2ccccc2c1C. The largest absolute Gasteiger partial charge is 0.459 e. The van der Waals surface area contributed by atoms with Crippen molar-refractivity contribution in [3.05, 3.63) is 35.6 Å². The molecule has 2 N–H and O–H groups in total. The first-order valence-corrected chi connectivity index (χ1v) is 8.25. The molecule has 0 aliphatic rings. The summed E-state index contributed by atoms with van der Waals surface area (Å²) in [6.07, 6.45) is 2.12. The monoisotopic (exact) mass is 317 g/mol. The number of nitrogens with one attached hydrogen (secondary N) is 2. The van der Waals surface area contributed by atoms with E-state index in [1.807, 2.05) is 25.1 Å². The topological polar surface area (TPSA) is 58.8 Å². The van der Waals surface area contributed by atoms with E-state index in [1.54, 1.807) is 7.05 Å². The minimum Gasteiger partial charge on any atom is -0.459 e. The summed E-state index contributed by atoms with van der Waals surface area (Å²) in [5.74, 6) is 1.74. The smallest absolute Gasteiger partial charge is 0.191 e. The van der Waals surface area contributed by atoms with E-state index in [-0.39, 0.29) is 0 Å². The van der Waals surface area contributed by atoms with Gasteiger partial charge in [-0.3, -0.25) is 4.99 Å². The van der Waals surface area contributed by atoms with Crippen LogP contribution in [0.2, 0.25) is 0 Å². The van der Waals surface area contributed by atoms with Crippen molar-refractivity contribution in [3.63, 3.8) is 0 Å². The van der Waals surface area contributed by atoms with E-state index in [2.05, 4.69) is 28.6 Å². The van der Waals surface area contributed by atoms with E-state index in [1.165, 1.54) is 10.9 Å². The number of guanidine groups is 1. The zero-order valence-electron chi connectivity index (χ0n) is 14.3. The van der Waals surface area contributed by atoms with Crippen molar-refractivity contribution in [1.29, 1.82) is 0 Å². The van der Waals surface area contributed by atoms with E-state index in [9.17, 15) is 0 Å². The molecule has 5 nitrogen and oxygen atoms in total. The lowest BCUT2D eigenvalue weighted by Crippen LogP contribution is -2.37. The molecule has 1 heterocycles. The molecule has 2 rings (SSSR count). The average molecular weight is 317 g/mol. The molecule has 0 aliphatic heterocycles. The summed E-state index contributed by atoms with van der Waals surface area (Å²) in [6, 6.07) is 8.11. The van der Waals surface area contributed by atoms with E-state index < -0.39 is 0 Å². The Kier molecular flexibility index (Phi) is 6.94. The highest BCUT2D eigenvalue weighted by Gasteiger charge is 2.10. The molecule has 5 heteroatoms. The number of para-hydroxylation sites is 1. The lowest BCUT2D eigenvalue weighted by atomic mass is 10.1. The fourth-order valence-electron chi connectivity index (χ4n) is 2.46. The maximum absolute atomic E-state index is 5.90. The van der Waals surface area contributed by atoms with Crippen molar-refractivity contribution < 1.29 is 9.15 Å². The molecule has 126 valence electrons. The van der Waals surface area contributed by atoms with E-state index in [0.29, 0.717) is 6.54 Å². The Morgan fingerprint density at radius 2 is 2.04 bits per heavy atom. The summed E-state index contributed by atoms with van der Waals surface area (Å²) in [5, 5.41) is 7.78. The van der Waals surface area contributed by atoms with Gasteiger partial charge in [0, 0.05) is 37.8 Å². The summed E-state index contributed by atoms with van der Waals surface area (Å²) in [5.41, 5.74) is 2.11. The van der Waals surface area contributed by atoms with Gasteiger partial charge in [-0.05, 0) is 32.8 Å². The quantitative estimate of drug-likeness (QED) is 0.446. The van der Waals surface area contributed by atoms with Gasteiger partial charge in [-0.2, -0.15) is 0 Å². The number of fused-ring (bicyclic) bond motifs is 1. The second-order valence-corrected chi connectivity index (χ2v) is 5.40. The second kappa shape index (κ2) is 9.20. The Balaban J connectivity index is 1.79. The van der Waals surface area contributed by atoms with Crippen LogP contribution in [0.1, 0.15) is 31.1 Å². The fourth-order valence-corrected chi connectivity index (χ4v) is 2.46. The second-order valence-electron chi connectivity index (χ2n) is 5.40. The van der Waals surface area contributed by atoms with E-state index >= 15 is 0 Å². The van der Waals surface area contributed by atoms with Gasteiger partial charge in [-0.1, -0.05) is 18.2 Å². The van der Waals surface area contributed by atoms with Crippen LogP contribution in [-0.4, -0.2) is 32.8 Å². The summed E-state index contributed by atoms with van der Waals surface area (Å²) in [6.45, 7) is 7.22. The van der Waals surface area contributed by atoms with Crippen LogP contribution in [0.25, 0.3) is 11.0 Å². The number of unbranched alkanes of at least 4 members (excludes halogenated alkanes) is 1. The number of aliphatic imine (C=N–C) groups is 1. The molecule has 0 spiro atoms. The molecule has 0 atom stereocenters. The normalized spacial score (nSPS) is 11.9. The number of hydrogen-bond donors (Lipinski definition) is 2. The highest BCUT2D eigenvalue weighted by molar-refractivity contribution is 5.82. The summed E-state index contributed by atoms with van der Waals surface area (Å²) in [7, 11) is 1.78. The van der Waals surface area contributed by atoms with Crippen LogP contribution in [0.3, 0.4) is 0 Å². The van der Waals surface area contributed by atoms with Crippen LogP contribution in [-0.2, 0) is 11.3 Å². The first-order valence-electron chi connectivity index (χ1n) is 8.25. The summed E-state index contributed by atoms with van der Waals surface area (Å²) in [4.78, 5) is 4.24. The van der Waals surface area contributed by atoms with Crippen molar-refractivity contribution in [1.82, 2.24) is 10.6 Å². The number of nitrogens with zero attached hydrogens (tertiary/aromatic N) is 1. The number of aryl methyl sites for hydroxylation is 1. The standard InChI is InChI=1S/C18H27N3O2/c1-4-22-12-8-7-11-20-18(19-3)21-13-17-14(2)15-9-5-6-10-16(15)23-17/h5-6,9-10H,4,7-8,11-13H2,1-3H3,(H2,19,20,21). The molecule has 0 aliphatic carbocycles. The minimum absolute atomic E-state index is 0.624. The Hall–Kier alpha value is -2.01. The highest BCUT2D eigenvalue weighted by atomic mass is 16.5. The van der Waals surface area contributed by atoms with E-state index in [0.717, 1.165) is 49.9 Å². The fraction of sp³-hybridized carbons (Fsp3) is 0.500. The molecule has 1 aromatic carbocycles. The third kappa shape index (κ3) is 4.99. The molecule has 0 amide bonds. The van der Waals surface area contributed by atoms with Gasteiger partial charge >= 0.3 is 0 Å². The van der Waals surface area contributed by atoms with Crippen molar-refractivity contribution in [2.45, 2.75) is 33.2 Å². The van der Waals surface area contributed by atoms with Gasteiger partial charge in [0.25, 0.3) is 0 Å². The van der Waals surface area contributed by atoms with Gasteiger partial charge in [-0.25, -0.2) is 0 Å².